The molecule has 4 fully saturated rings. The molecule has 2 N–H and O–H groups in total. The first kappa shape index (κ1) is 16.2. The number of carboxylic acid groups (broad SMARTS) is 1. The molecule has 0 aliphatic heterocycles. The van der Waals surface area contributed by atoms with Crippen molar-refractivity contribution in [2.24, 2.45) is 22.2 Å². The van der Waals surface area contributed by atoms with E-state index in [9.17, 15) is 9.59 Å². The Morgan fingerprint density at radius 1 is 1.14 bits per heavy atom. The molecule has 4 aliphatic rings. The van der Waals surface area contributed by atoms with E-state index in [4.69, 9.17) is 5.11 Å². The highest BCUT2D eigenvalue weighted by molar-refractivity contribution is 7.99. The standard InChI is InChI=1S/C17H27NO3S/c1-15-5-12-6-16(2,9-15)11-17(7-12,10-15)14(21)18-3-4-22-8-13(19)20/h12H,3-11H2,1-2H3,(H,18,21)(H,19,20). The topological polar surface area (TPSA) is 66.4 Å². The van der Waals surface area contributed by atoms with Crippen LogP contribution in [0.1, 0.15) is 52.4 Å². The van der Waals surface area contributed by atoms with E-state index in [-0.39, 0.29) is 17.1 Å². The maximum Gasteiger partial charge on any atom is 0.313 e. The third-order valence-electron chi connectivity index (χ3n) is 5.87. The van der Waals surface area contributed by atoms with E-state index in [0.29, 0.717) is 23.1 Å². The van der Waals surface area contributed by atoms with Gasteiger partial charge in [0.15, 0.2) is 0 Å². The summed E-state index contributed by atoms with van der Waals surface area (Å²) in [5.41, 5.74) is 0.549. The van der Waals surface area contributed by atoms with Crippen molar-refractivity contribution in [3.63, 3.8) is 0 Å². The van der Waals surface area contributed by atoms with Crippen molar-refractivity contribution in [2.45, 2.75) is 52.4 Å². The van der Waals surface area contributed by atoms with Crippen LogP contribution >= 0.6 is 11.8 Å². The lowest BCUT2D eigenvalue weighted by atomic mass is 9.40. The molecular weight excluding hydrogens is 298 g/mol. The SMILES string of the molecule is CC12CC3CC(C)(C1)CC(C(=O)NCCSCC(=O)O)(C3)C2. The Morgan fingerprint density at radius 3 is 2.32 bits per heavy atom. The molecular formula is C17H27NO3S. The molecule has 0 saturated heterocycles. The minimum absolute atomic E-state index is 0.110. The maximum atomic E-state index is 12.8. The number of hydrogen-bond acceptors (Lipinski definition) is 3. The van der Waals surface area contributed by atoms with E-state index >= 15 is 0 Å². The summed E-state index contributed by atoms with van der Waals surface area (Å²) in [5.74, 6) is 0.937. The van der Waals surface area contributed by atoms with Gasteiger partial charge in [0.25, 0.3) is 0 Å². The molecule has 4 bridgehead atoms. The van der Waals surface area contributed by atoms with E-state index in [1.54, 1.807) is 0 Å². The van der Waals surface area contributed by atoms with Gasteiger partial charge in [0.2, 0.25) is 5.91 Å². The van der Waals surface area contributed by atoms with Gasteiger partial charge in [-0.1, -0.05) is 13.8 Å². The summed E-state index contributed by atoms with van der Waals surface area (Å²) in [6, 6.07) is 0. The van der Waals surface area contributed by atoms with Crippen LogP contribution in [-0.4, -0.2) is 35.0 Å². The fourth-order valence-corrected chi connectivity index (χ4v) is 6.85. The van der Waals surface area contributed by atoms with Crippen molar-refractivity contribution in [1.82, 2.24) is 5.32 Å². The highest BCUT2D eigenvalue weighted by atomic mass is 32.2. The molecule has 5 heteroatoms. The minimum Gasteiger partial charge on any atom is -0.481 e. The first-order chi connectivity index (χ1) is 10.2. The lowest BCUT2D eigenvalue weighted by molar-refractivity contribution is -0.170. The third kappa shape index (κ3) is 3.01. The van der Waals surface area contributed by atoms with Crippen LogP contribution in [0.4, 0.5) is 0 Å². The summed E-state index contributed by atoms with van der Waals surface area (Å²) in [5, 5.41) is 11.7. The fourth-order valence-electron chi connectivity index (χ4n) is 6.28. The number of carboxylic acids is 1. The van der Waals surface area contributed by atoms with Gasteiger partial charge in [-0.15, -0.1) is 11.8 Å². The van der Waals surface area contributed by atoms with Crippen LogP contribution in [0, 0.1) is 22.2 Å². The predicted octanol–water partition coefficient (Wildman–Crippen LogP) is 2.92. The Labute approximate surface area is 136 Å². The molecule has 4 saturated carbocycles. The highest BCUT2D eigenvalue weighted by Gasteiger charge is 2.62. The molecule has 4 aliphatic carbocycles. The molecule has 1 amide bonds. The van der Waals surface area contributed by atoms with Gasteiger partial charge in [0.1, 0.15) is 0 Å². The number of aliphatic carboxylic acids is 1. The first-order valence-electron chi connectivity index (χ1n) is 8.32. The van der Waals surface area contributed by atoms with Gasteiger partial charge in [-0.2, -0.15) is 0 Å². The van der Waals surface area contributed by atoms with Gasteiger partial charge in [-0.05, 0) is 55.3 Å². The van der Waals surface area contributed by atoms with Crippen LogP contribution in [0.15, 0.2) is 0 Å². The van der Waals surface area contributed by atoms with Crippen LogP contribution < -0.4 is 5.32 Å². The van der Waals surface area contributed by atoms with Crippen molar-refractivity contribution >= 4 is 23.6 Å². The lowest BCUT2D eigenvalue weighted by Crippen LogP contribution is -2.60. The number of carbonyl (C=O) groups excluding carboxylic acids is 1. The van der Waals surface area contributed by atoms with E-state index in [0.717, 1.165) is 25.2 Å². The largest absolute Gasteiger partial charge is 0.481 e. The third-order valence-corrected chi connectivity index (χ3v) is 6.81. The summed E-state index contributed by atoms with van der Waals surface area (Å²) in [4.78, 5) is 23.3. The molecule has 2 atom stereocenters. The van der Waals surface area contributed by atoms with Gasteiger partial charge in [0, 0.05) is 12.3 Å². The summed E-state index contributed by atoms with van der Waals surface area (Å²) in [6.45, 7) is 5.33. The molecule has 4 nitrogen and oxygen atoms in total. The molecule has 124 valence electrons. The fraction of sp³-hybridized carbons (Fsp3) is 0.882. The Balaban J connectivity index is 1.59. The zero-order valence-corrected chi connectivity index (χ0v) is 14.4. The van der Waals surface area contributed by atoms with E-state index in [1.165, 1.54) is 31.0 Å². The molecule has 0 spiro atoms. The van der Waals surface area contributed by atoms with Gasteiger partial charge in [-0.3, -0.25) is 9.59 Å². The number of hydrogen-bond donors (Lipinski definition) is 2. The summed E-state index contributed by atoms with van der Waals surface area (Å²) in [7, 11) is 0. The second-order valence-electron chi connectivity index (χ2n) is 8.61. The first-order valence-corrected chi connectivity index (χ1v) is 9.48. The predicted molar refractivity (Wildman–Crippen MR) is 87.8 cm³/mol. The van der Waals surface area contributed by atoms with Crippen molar-refractivity contribution in [3.05, 3.63) is 0 Å². The number of amides is 1. The number of nitrogens with one attached hydrogen (secondary N) is 1. The lowest BCUT2D eigenvalue weighted by Gasteiger charge is -2.64. The number of carbonyl (C=O) groups is 2. The molecule has 0 aromatic rings. The smallest absolute Gasteiger partial charge is 0.313 e. The normalized spacial score (nSPS) is 42.4. The summed E-state index contributed by atoms with van der Waals surface area (Å²) in [6.07, 6.45) is 7.02. The van der Waals surface area contributed by atoms with E-state index in [2.05, 4.69) is 19.2 Å². The van der Waals surface area contributed by atoms with Crippen LogP contribution in [0.3, 0.4) is 0 Å². The quantitative estimate of drug-likeness (QED) is 0.737. The Morgan fingerprint density at radius 2 is 1.77 bits per heavy atom. The Kier molecular flexibility index (Phi) is 3.99. The molecule has 0 aromatic carbocycles. The van der Waals surface area contributed by atoms with Gasteiger partial charge >= 0.3 is 5.97 Å². The highest BCUT2D eigenvalue weighted by Crippen LogP contribution is 2.69. The Bertz CT molecular complexity index is 474. The molecule has 4 rings (SSSR count). The molecule has 0 aromatic heterocycles. The van der Waals surface area contributed by atoms with Crippen molar-refractivity contribution in [3.8, 4) is 0 Å². The average Bonchev–Trinajstić information content (AvgIpc) is 2.33. The van der Waals surface area contributed by atoms with E-state index in [1.807, 2.05) is 0 Å². The summed E-state index contributed by atoms with van der Waals surface area (Å²) < 4.78 is 0. The average molecular weight is 325 g/mol. The number of thioether (sulfide) groups is 1. The molecule has 0 radical (unpaired) electrons. The van der Waals surface area contributed by atoms with Crippen LogP contribution in [0.2, 0.25) is 0 Å². The molecule has 2 unspecified atom stereocenters. The molecule has 0 heterocycles. The molecule has 22 heavy (non-hydrogen) atoms. The Hall–Kier alpha value is -0.710. The van der Waals surface area contributed by atoms with Gasteiger partial charge in [0.05, 0.1) is 11.2 Å². The van der Waals surface area contributed by atoms with Crippen LogP contribution in [0.5, 0.6) is 0 Å². The van der Waals surface area contributed by atoms with Crippen LogP contribution in [0.25, 0.3) is 0 Å². The van der Waals surface area contributed by atoms with Gasteiger partial charge in [-0.25, -0.2) is 0 Å². The maximum absolute atomic E-state index is 12.8. The van der Waals surface area contributed by atoms with Crippen molar-refractivity contribution in [2.75, 3.05) is 18.1 Å². The van der Waals surface area contributed by atoms with Crippen molar-refractivity contribution < 1.29 is 14.7 Å². The zero-order chi connectivity index (χ0) is 16.0. The van der Waals surface area contributed by atoms with Crippen molar-refractivity contribution in [1.29, 1.82) is 0 Å². The number of rotatable bonds is 6. The van der Waals surface area contributed by atoms with E-state index < -0.39 is 5.97 Å². The second-order valence-corrected chi connectivity index (χ2v) is 9.72. The monoisotopic (exact) mass is 325 g/mol. The van der Waals surface area contributed by atoms with Crippen LogP contribution in [-0.2, 0) is 9.59 Å². The second kappa shape index (κ2) is 5.43. The zero-order valence-electron chi connectivity index (χ0n) is 13.6. The summed E-state index contributed by atoms with van der Waals surface area (Å²) >= 11 is 1.36. The van der Waals surface area contributed by atoms with Gasteiger partial charge < -0.3 is 10.4 Å². The minimum atomic E-state index is -0.793.